The van der Waals surface area contributed by atoms with Gasteiger partial charge in [-0.2, -0.15) is 0 Å². The van der Waals surface area contributed by atoms with Crippen LogP contribution in [0, 0.1) is 0 Å². The summed E-state index contributed by atoms with van der Waals surface area (Å²) in [6, 6.07) is 12.6. The maximum absolute atomic E-state index is 6.40. The molecule has 0 heterocycles. The number of nitrogens with two attached hydrogens (primary N) is 1. The minimum Gasteiger partial charge on any atom is -0.398 e. The lowest BCUT2D eigenvalue weighted by Crippen LogP contribution is -2.18. The lowest BCUT2D eigenvalue weighted by atomic mass is 9.78. The molecule has 0 aliphatic rings. The smallest absolute Gasteiger partial charge is 0.0358 e. The Morgan fingerprint density at radius 1 is 1.00 bits per heavy atom. The maximum Gasteiger partial charge on any atom is 0.0358 e. The molecule has 0 aliphatic heterocycles. The van der Waals surface area contributed by atoms with E-state index in [1.54, 1.807) is 5.54 Å². The maximum atomic E-state index is 6.40. The molecule has 0 amide bonds. The van der Waals surface area contributed by atoms with Gasteiger partial charge in [0.05, 0.1) is 0 Å². The van der Waals surface area contributed by atoms with Crippen LogP contribution < -0.4 is 5.73 Å². The fourth-order valence-corrected chi connectivity index (χ4v) is 3.97. The molecule has 0 fully saturated rings. The van der Waals surface area contributed by atoms with Crippen molar-refractivity contribution in [3.63, 3.8) is 0 Å². The summed E-state index contributed by atoms with van der Waals surface area (Å²) >= 11 is 6.10. The van der Waals surface area contributed by atoms with E-state index in [1.807, 2.05) is 6.07 Å². The second-order valence-corrected chi connectivity index (χ2v) is 9.25. The second kappa shape index (κ2) is 11.2. The van der Waals surface area contributed by atoms with Crippen LogP contribution in [-0.2, 0) is 5.41 Å². The van der Waals surface area contributed by atoms with Crippen molar-refractivity contribution in [3.05, 3.63) is 88.5 Å². The van der Waals surface area contributed by atoms with Gasteiger partial charge in [0, 0.05) is 11.2 Å². The quantitative estimate of drug-likeness (QED) is 0.317. The highest BCUT2D eigenvalue weighted by atomic mass is 35.5. The van der Waals surface area contributed by atoms with Crippen LogP contribution in [0.4, 0.5) is 5.69 Å². The van der Waals surface area contributed by atoms with E-state index in [0.29, 0.717) is 0 Å². The third-order valence-corrected chi connectivity index (χ3v) is 5.76. The van der Waals surface area contributed by atoms with E-state index in [0.717, 1.165) is 31.4 Å². The van der Waals surface area contributed by atoms with Crippen LogP contribution in [0.25, 0.3) is 10.8 Å². The minimum absolute atomic E-state index is 0.0669. The SMILES string of the molecule is CC(C)=C/C=C(/C)CCCC(=C/Cl)/C=C/CC(C)(C)c1c(N)ccc2ccccc12. The average Bonchev–Trinajstić information content (AvgIpc) is 2.70. The lowest BCUT2D eigenvalue weighted by molar-refractivity contribution is 0.540. The van der Waals surface area contributed by atoms with Crippen LogP contribution in [0.3, 0.4) is 0 Å². The number of allylic oxidation sites excluding steroid dienone is 7. The van der Waals surface area contributed by atoms with Crippen molar-refractivity contribution in [2.75, 3.05) is 5.73 Å². The highest BCUT2D eigenvalue weighted by Gasteiger charge is 2.24. The molecule has 0 aliphatic carbocycles. The van der Waals surface area contributed by atoms with Gasteiger partial charge in [0.25, 0.3) is 0 Å². The van der Waals surface area contributed by atoms with Gasteiger partial charge < -0.3 is 5.73 Å². The van der Waals surface area contributed by atoms with E-state index in [9.17, 15) is 0 Å². The van der Waals surface area contributed by atoms with Gasteiger partial charge in [0.15, 0.2) is 0 Å². The van der Waals surface area contributed by atoms with Crippen LogP contribution in [0.15, 0.2) is 83.0 Å². The summed E-state index contributed by atoms with van der Waals surface area (Å²) in [5, 5.41) is 2.47. The zero-order chi connectivity index (χ0) is 22.1. The van der Waals surface area contributed by atoms with Gasteiger partial charge in [0.2, 0.25) is 0 Å². The molecule has 30 heavy (non-hydrogen) atoms. The zero-order valence-electron chi connectivity index (χ0n) is 19.1. The molecule has 0 atom stereocenters. The number of halogens is 1. The van der Waals surface area contributed by atoms with Gasteiger partial charge in [-0.1, -0.05) is 91.2 Å². The van der Waals surface area contributed by atoms with Crippen LogP contribution in [-0.4, -0.2) is 0 Å². The Bertz CT molecular complexity index is 969. The van der Waals surface area contributed by atoms with Crippen molar-refractivity contribution in [3.8, 4) is 0 Å². The molecule has 2 N–H and O–H groups in total. The van der Waals surface area contributed by atoms with Gasteiger partial charge in [0.1, 0.15) is 0 Å². The molecular formula is C28H36ClN. The first-order valence-corrected chi connectivity index (χ1v) is 11.2. The fourth-order valence-electron chi connectivity index (χ4n) is 3.79. The largest absolute Gasteiger partial charge is 0.398 e. The summed E-state index contributed by atoms with van der Waals surface area (Å²) in [7, 11) is 0. The molecule has 0 saturated carbocycles. The van der Waals surface area contributed by atoms with Gasteiger partial charge in [-0.05, 0) is 79.8 Å². The fraction of sp³-hybridized carbons (Fsp3) is 0.357. The van der Waals surface area contributed by atoms with E-state index < -0.39 is 0 Å². The van der Waals surface area contributed by atoms with Gasteiger partial charge >= 0.3 is 0 Å². The first kappa shape index (κ1) is 24.0. The van der Waals surface area contributed by atoms with Gasteiger partial charge in [-0.15, -0.1) is 0 Å². The molecule has 0 spiro atoms. The van der Waals surface area contributed by atoms with Crippen LogP contribution in [0.5, 0.6) is 0 Å². The van der Waals surface area contributed by atoms with E-state index in [4.69, 9.17) is 17.3 Å². The minimum atomic E-state index is -0.0669. The predicted molar refractivity (Wildman–Crippen MR) is 136 cm³/mol. The van der Waals surface area contributed by atoms with E-state index >= 15 is 0 Å². The Labute approximate surface area is 188 Å². The van der Waals surface area contributed by atoms with Crippen LogP contribution in [0.2, 0.25) is 0 Å². The Morgan fingerprint density at radius 3 is 2.43 bits per heavy atom. The molecule has 2 aromatic carbocycles. The Hall–Kier alpha value is -2.25. The lowest BCUT2D eigenvalue weighted by Gasteiger charge is -2.27. The molecule has 0 bridgehead atoms. The van der Waals surface area contributed by atoms with Crippen LogP contribution in [0.1, 0.15) is 65.9 Å². The van der Waals surface area contributed by atoms with Crippen molar-refractivity contribution in [2.45, 2.75) is 65.7 Å². The highest BCUT2D eigenvalue weighted by Crippen LogP contribution is 2.37. The number of benzene rings is 2. The molecule has 1 nitrogen and oxygen atoms in total. The summed E-state index contributed by atoms with van der Waals surface area (Å²) in [5.41, 5.74) is 14.0. The second-order valence-electron chi connectivity index (χ2n) is 9.04. The normalized spacial score (nSPS) is 13.3. The summed E-state index contributed by atoms with van der Waals surface area (Å²) in [6.45, 7) is 11.0. The summed E-state index contributed by atoms with van der Waals surface area (Å²) in [6.07, 6.45) is 12.9. The van der Waals surface area contributed by atoms with Crippen molar-refractivity contribution >= 4 is 28.1 Å². The Morgan fingerprint density at radius 2 is 1.73 bits per heavy atom. The third kappa shape index (κ3) is 6.92. The summed E-state index contributed by atoms with van der Waals surface area (Å²) in [4.78, 5) is 0. The number of hydrogen-bond acceptors (Lipinski definition) is 1. The van der Waals surface area contributed by atoms with Crippen molar-refractivity contribution in [1.29, 1.82) is 0 Å². The first-order valence-electron chi connectivity index (χ1n) is 10.8. The zero-order valence-corrected chi connectivity index (χ0v) is 19.9. The number of nitrogen functional groups attached to an aromatic ring is 1. The van der Waals surface area contributed by atoms with Crippen molar-refractivity contribution in [1.82, 2.24) is 0 Å². The molecule has 0 aromatic heterocycles. The average molecular weight is 422 g/mol. The molecule has 0 radical (unpaired) electrons. The molecule has 2 rings (SSSR count). The standard InChI is InChI=1S/C28H36ClN/c1-21(2)15-16-22(3)10-8-11-23(20-29)12-9-19-28(4,5)27-25-14-7-6-13-24(25)17-18-26(27)30/h6-7,9,12-18,20H,8,10-11,19,30H2,1-5H3/b12-9+,22-16-,23-20-. The Balaban J connectivity index is 2.03. The first-order chi connectivity index (χ1) is 14.2. The van der Waals surface area contributed by atoms with Gasteiger partial charge in [-0.25, -0.2) is 0 Å². The molecular weight excluding hydrogens is 386 g/mol. The topological polar surface area (TPSA) is 26.0 Å². The third-order valence-electron chi connectivity index (χ3n) is 5.48. The number of rotatable bonds is 9. The highest BCUT2D eigenvalue weighted by molar-refractivity contribution is 6.25. The molecule has 2 aromatic rings. The number of hydrogen-bond donors (Lipinski definition) is 1. The summed E-state index contributed by atoms with van der Waals surface area (Å²) < 4.78 is 0. The molecule has 0 saturated heterocycles. The Kier molecular flexibility index (Phi) is 8.99. The summed E-state index contributed by atoms with van der Waals surface area (Å²) in [5.74, 6) is 0. The monoisotopic (exact) mass is 421 g/mol. The van der Waals surface area contributed by atoms with E-state index in [2.05, 4.69) is 89.3 Å². The van der Waals surface area contributed by atoms with Crippen molar-refractivity contribution < 1.29 is 0 Å². The van der Waals surface area contributed by atoms with Gasteiger partial charge in [-0.3, -0.25) is 0 Å². The van der Waals surface area contributed by atoms with E-state index in [-0.39, 0.29) is 5.41 Å². The number of anilines is 1. The molecule has 2 heteroatoms. The number of fused-ring (bicyclic) bond motifs is 1. The predicted octanol–water partition coefficient (Wildman–Crippen LogP) is 8.85. The van der Waals surface area contributed by atoms with Crippen LogP contribution >= 0.6 is 11.6 Å². The molecule has 0 unspecified atom stereocenters. The van der Waals surface area contributed by atoms with Crippen molar-refractivity contribution in [2.24, 2.45) is 0 Å². The molecule has 160 valence electrons. The van der Waals surface area contributed by atoms with E-state index in [1.165, 1.54) is 33.1 Å².